The zero-order valence-corrected chi connectivity index (χ0v) is 27.1. The normalized spacial score (nSPS) is 13.0. The molecule has 7 nitrogen and oxygen atoms in total. The Hall–Kier alpha value is -1.47. The molecule has 236 valence electrons. The molecule has 0 amide bonds. The van der Waals surface area contributed by atoms with Crippen LogP contribution >= 0.6 is 0 Å². The molecule has 0 aliphatic rings. The zero-order valence-electron chi connectivity index (χ0n) is 27.1. The summed E-state index contributed by atoms with van der Waals surface area (Å²) in [6.07, 6.45) is 22.6. The maximum absolute atomic E-state index is 12.4. The van der Waals surface area contributed by atoms with E-state index >= 15 is 0 Å². The van der Waals surface area contributed by atoms with Gasteiger partial charge in [0, 0.05) is 6.42 Å². The second-order valence-corrected chi connectivity index (χ2v) is 11.9. The van der Waals surface area contributed by atoms with E-state index < -0.39 is 23.9 Å². The number of hydrogen-bond donors (Lipinski definition) is 0. The van der Waals surface area contributed by atoms with E-state index in [4.69, 9.17) is 9.47 Å². The van der Waals surface area contributed by atoms with E-state index in [1.807, 2.05) is 38.0 Å². The van der Waals surface area contributed by atoms with Gasteiger partial charge in [0.1, 0.15) is 0 Å². The number of rotatable bonds is 28. The van der Waals surface area contributed by atoms with Crippen molar-refractivity contribution in [2.24, 2.45) is 0 Å². The number of carbonyl (C=O) groups excluding carboxylic acids is 3. The van der Waals surface area contributed by atoms with Crippen molar-refractivity contribution in [1.82, 2.24) is 9.80 Å². The van der Waals surface area contributed by atoms with Gasteiger partial charge in [-0.3, -0.25) is 19.4 Å². The van der Waals surface area contributed by atoms with Gasteiger partial charge in [-0.1, -0.05) is 117 Å². The van der Waals surface area contributed by atoms with Crippen LogP contribution in [0.2, 0.25) is 0 Å². The molecule has 0 aromatic carbocycles. The van der Waals surface area contributed by atoms with Gasteiger partial charge in [0.25, 0.3) is 0 Å². The fourth-order valence-corrected chi connectivity index (χ4v) is 4.82. The fraction of sp³-hybridized carbons (Fsp3) is 0.909. The van der Waals surface area contributed by atoms with Gasteiger partial charge in [-0.25, -0.2) is 4.79 Å². The Morgan fingerprint density at radius 3 is 1.23 bits per heavy atom. The summed E-state index contributed by atoms with van der Waals surface area (Å²) >= 11 is 0. The third kappa shape index (κ3) is 22.2. The molecular formula is C33H64N2O5. The minimum absolute atomic E-state index is 0.110. The van der Waals surface area contributed by atoms with Crippen LogP contribution in [0.1, 0.15) is 155 Å². The van der Waals surface area contributed by atoms with Crippen LogP contribution in [0.15, 0.2) is 0 Å². The van der Waals surface area contributed by atoms with E-state index in [-0.39, 0.29) is 19.1 Å². The van der Waals surface area contributed by atoms with Crippen LogP contribution in [-0.4, -0.2) is 68.2 Å². The summed E-state index contributed by atoms with van der Waals surface area (Å²) < 4.78 is 11.1. The Labute approximate surface area is 247 Å². The van der Waals surface area contributed by atoms with E-state index in [1.54, 1.807) is 0 Å². The van der Waals surface area contributed by atoms with E-state index in [0.29, 0.717) is 6.42 Å². The van der Waals surface area contributed by atoms with Gasteiger partial charge in [-0.15, -0.1) is 0 Å². The number of nitrogens with zero attached hydrogens (tertiary/aromatic N) is 2. The van der Waals surface area contributed by atoms with Crippen LogP contribution in [0.25, 0.3) is 0 Å². The van der Waals surface area contributed by atoms with Crippen LogP contribution in [0.4, 0.5) is 0 Å². The highest BCUT2D eigenvalue weighted by Crippen LogP contribution is 2.16. The first-order chi connectivity index (χ1) is 19.2. The van der Waals surface area contributed by atoms with Crippen LogP contribution in [0.3, 0.4) is 0 Å². The first kappa shape index (κ1) is 38.5. The molecule has 0 aromatic heterocycles. The maximum atomic E-state index is 12.4. The van der Waals surface area contributed by atoms with Gasteiger partial charge in [0.15, 0.2) is 12.5 Å². The van der Waals surface area contributed by atoms with Crippen LogP contribution in [0.5, 0.6) is 0 Å². The molecule has 40 heavy (non-hydrogen) atoms. The second kappa shape index (κ2) is 26.4. The Morgan fingerprint density at radius 2 is 0.850 bits per heavy atom. The van der Waals surface area contributed by atoms with Crippen molar-refractivity contribution in [2.45, 2.75) is 168 Å². The topological polar surface area (TPSA) is 76.1 Å². The van der Waals surface area contributed by atoms with Gasteiger partial charge in [-0.2, -0.15) is 0 Å². The van der Waals surface area contributed by atoms with E-state index in [0.717, 1.165) is 32.1 Å². The van der Waals surface area contributed by atoms with Crippen LogP contribution < -0.4 is 0 Å². The first-order valence-electron chi connectivity index (χ1n) is 16.5. The van der Waals surface area contributed by atoms with E-state index in [9.17, 15) is 14.4 Å². The van der Waals surface area contributed by atoms with Crippen molar-refractivity contribution >= 4 is 17.7 Å². The largest absolute Gasteiger partial charge is 0.446 e. The molecule has 0 saturated carbocycles. The summed E-state index contributed by atoms with van der Waals surface area (Å²) in [5.74, 6) is -1.98. The smallest absolute Gasteiger partial charge is 0.376 e. The lowest BCUT2D eigenvalue weighted by molar-refractivity contribution is -0.165. The molecule has 0 bridgehead atoms. The minimum atomic E-state index is -0.860. The summed E-state index contributed by atoms with van der Waals surface area (Å²) in [6, 6.07) is 0. The SMILES string of the molecule is CCCCCCCCCCCC(OC(=O)CCC(=O)C(=O)OC(CCCCCCCCCCC)N(C)C)N(C)C. The lowest BCUT2D eigenvalue weighted by Gasteiger charge is -2.24. The molecular weight excluding hydrogens is 504 g/mol. The summed E-state index contributed by atoms with van der Waals surface area (Å²) in [7, 11) is 7.48. The van der Waals surface area contributed by atoms with E-state index in [2.05, 4.69) is 13.8 Å². The zero-order chi connectivity index (χ0) is 30.0. The molecule has 0 spiro atoms. The molecule has 0 fully saturated rings. The molecule has 2 atom stereocenters. The van der Waals surface area contributed by atoms with Gasteiger partial charge in [-0.05, 0) is 53.9 Å². The van der Waals surface area contributed by atoms with Crippen molar-refractivity contribution in [3.63, 3.8) is 0 Å². The van der Waals surface area contributed by atoms with Crippen molar-refractivity contribution < 1.29 is 23.9 Å². The highest BCUT2D eigenvalue weighted by Gasteiger charge is 2.24. The van der Waals surface area contributed by atoms with Gasteiger partial charge in [0.2, 0.25) is 5.78 Å². The predicted octanol–water partition coefficient (Wildman–Crippen LogP) is 8.04. The Balaban J connectivity index is 4.21. The molecule has 7 heteroatoms. The third-order valence-electron chi connectivity index (χ3n) is 7.56. The number of ether oxygens (including phenoxy) is 2. The highest BCUT2D eigenvalue weighted by atomic mass is 16.6. The lowest BCUT2D eigenvalue weighted by Crippen LogP contribution is -2.35. The average molecular weight is 569 g/mol. The summed E-state index contributed by atoms with van der Waals surface area (Å²) in [5, 5.41) is 0. The molecule has 0 aliphatic carbocycles. The van der Waals surface area contributed by atoms with Gasteiger partial charge in [0.05, 0.1) is 6.42 Å². The van der Waals surface area contributed by atoms with E-state index in [1.165, 1.54) is 89.9 Å². The number of ketones is 1. The summed E-state index contributed by atoms with van der Waals surface area (Å²) in [5.41, 5.74) is 0. The molecule has 0 heterocycles. The summed E-state index contributed by atoms with van der Waals surface area (Å²) in [6.45, 7) is 4.47. The number of carbonyl (C=O) groups is 3. The Kier molecular flexibility index (Phi) is 25.5. The quantitative estimate of drug-likeness (QED) is 0.0409. The van der Waals surface area contributed by atoms with Crippen molar-refractivity contribution in [3.05, 3.63) is 0 Å². The Morgan fingerprint density at radius 1 is 0.500 bits per heavy atom. The highest BCUT2D eigenvalue weighted by molar-refractivity contribution is 6.33. The predicted molar refractivity (Wildman–Crippen MR) is 165 cm³/mol. The minimum Gasteiger partial charge on any atom is -0.446 e. The molecule has 2 unspecified atom stereocenters. The fourth-order valence-electron chi connectivity index (χ4n) is 4.82. The Bertz CT molecular complexity index is 638. The molecule has 0 radical (unpaired) electrons. The molecule has 0 rings (SSSR count). The van der Waals surface area contributed by atoms with Gasteiger partial charge >= 0.3 is 11.9 Å². The second-order valence-electron chi connectivity index (χ2n) is 11.9. The van der Waals surface area contributed by atoms with Crippen LogP contribution in [0, 0.1) is 0 Å². The molecule has 0 N–H and O–H groups in total. The number of esters is 2. The number of hydrogen-bond acceptors (Lipinski definition) is 7. The first-order valence-corrected chi connectivity index (χ1v) is 16.5. The van der Waals surface area contributed by atoms with Crippen molar-refractivity contribution in [1.29, 1.82) is 0 Å². The van der Waals surface area contributed by atoms with Crippen molar-refractivity contribution in [3.8, 4) is 0 Å². The molecule has 0 aliphatic heterocycles. The molecule has 0 saturated heterocycles. The van der Waals surface area contributed by atoms with Crippen molar-refractivity contribution in [2.75, 3.05) is 28.2 Å². The number of unbranched alkanes of at least 4 members (excludes halogenated alkanes) is 16. The summed E-state index contributed by atoms with van der Waals surface area (Å²) in [4.78, 5) is 40.9. The third-order valence-corrected chi connectivity index (χ3v) is 7.56. The van der Waals surface area contributed by atoms with Crippen LogP contribution in [-0.2, 0) is 23.9 Å². The molecule has 0 aromatic rings. The monoisotopic (exact) mass is 568 g/mol. The lowest BCUT2D eigenvalue weighted by atomic mass is 10.1. The maximum Gasteiger partial charge on any atom is 0.376 e. The van der Waals surface area contributed by atoms with Gasteiger partial charge < -0.3 is 9.47 Å². The standard InChI is InChI=1S/C33H64N2O5/c1-7-9-11-13-15-17-19-21-23-25-30(34(3)4)39-32(37)28-27-29(36)33(38)40-31(35(5)6)26-24-22-20-18-16-14-12-10-8-2/h30-31H,7-28H2,1-6H3. The number of Topliss-reactive ketones (excluding diaryl/α,β-unsaturated/α-hetero) is 1. The average Bonchev–Trinajstić information content (AvgIpc) is 2.92.